The molecule has 0 radical (unpaired) electrons. The number of aliphatic hydroxyl groups is 1. The van der Waals surface area contributed by atoms with Crippen LogP contribution in [0.1, 0.15) is 0 Å². The fraction of sp³-hybridized carbons (Fsp3) is 0. The van der Waals surface area contributed by atoms with Gasteiger partial charge in [-0.25, -0.2) is 0 Å². The molecule has 0 unspecified atom stereocenters. The molecule has 0 fully saturated rings. The first kappa shape index (κ1) is 6.51. The molecule has 1 heterocycles. The van der Waals surface area contributed by atoms with Crippen LogP contribution in [0.15, 0.2) is 16.3 Å². The highest BCUT2D eigenvalue weighted by Gasteiger charge is 2.08. The van der Waals surface area contributed by atoms with Gasteiger partial charge in [0.25, 0.3) is 5.90 Å². The first-order valence-corrected chi connectivity index (χ1v) is 2.77. The molecule has 4 nitrogen and oxygen atoms in total. The van der Waals surface area contributed by atoms with Gasteiger partial charge in [0, 0.05) is 6.20 Å². The Morgan fingerprint density at radius 1 is 1.78 bits per heavy atom. The number of aliphatic hydroxyl groups excluding tert-OH is 1. The topological polar surface area (TPSA) is 47.9 Å². The molecule has 0 amide bonds. The van der Waals surface area contributed by atoms with E-state index in [1.54, 1.807) is 0 Å². The fourth-order valence-electron chi connectivity index (χ4n) is 0.334. The fourth-order valence-corrected chi connectivity index (χ4v) is 0.541. The van der Waals surface area contributed by atoms with Gasteiger partial charge in [-0.3, -0.25) is 5.43 Å². The first-order chi connectivity index (χ1) is 4.20. The maximum atomic E-state index is 8.73. The lowest BCUT2D eigenvalue weighted by molar-refractivity contribution is 0.385. The number of nitrogens with one attached hydrogen (secondary N) is 1. The van der Waals surface area contributed by atoms with Crippen LogP contribution in [0.3, 0.4) is 0 Å². The minimum absolute atomic E-state index is 0.131. The Morgan fingerprint density at radius 3 is 2.89 bits per heavy atom. The summed E-state index contributed by atoms with van der Waals surface area (Å²) in [6.45, 7) is 0. The molecule has 0 bridgehead atoms. The van der Waals surface area contributed by atoms with E-state index in [1.807, 2.05) is 0 Å². The molecule has 0 atom stereocenters. The summed E-state index contributed by atoms with van der Waals surface area (Å²) < 4.78 is 0.821. The highest BCUT2D eigenvalue weighted by Crippen LogP contribution is 2.07. The van der Waals surface area contributed by atoms with Gasteiger partial charge in [0.1, 0.15) is 5.03 Å². The second-order valence-corrected chi connectivity index (χ2v) is 2.03. The van der Waals surface area contributed by atoms with Crippen molar-refractivity contribution in [2.24, 2.45) is 5.10 Å². The van der Waals surface area contributed by atoms with E-state index in [0.29, 0.717) is 0 Å². The lowest BCUT2D eigenvalue weighted by Crippen LogP contribution is -2.26. The molecule has 0 aromatic heterocycles. The molecular weight excluding hydrogens is 165 g/mol. The second-order valence-electron chi connectivity index (χ2n) is 1.31. The van der Waals surface area contributed by atoms with Gasteiger partial charge in [0.2, 0.25) is 0 Å². The summed E-state index contributed by atoms with van der Waals surface area (Å²) in [5.41, 5.74) is 2.42. The average molecular weight is 168 g/mol. The van der Waals surface area contributed by atoms with E-state index < -0.39 is 0 Å². The predicted molar refractivity (Wildman–Crippen MR) is 34.8 cm³/mol. The molecule has 0 spiro atoms. The summed E-state index contributed by atoms with van der Waals surface area (Å²) in [6, 6.07) is 0. The van der Waals surface area contributed by atoms with Crippen LogP contribution in [0.2, 0.25) is 0 Å². The Hall–Kier alpha value is -0.610. The number of hydrazine groups is 1. The van der Waals surface area contributed by atoms with Gasteiger partial charge < -0.3 is 5.11 Å². The maximum Gasteiger partial charge on any atom is 0.252 e. The smallest absolute Gasteiger partial charge is 0.252 e. The lowest BCUT2D eigenvalue weighted by Gasteiger charge is -2.12. The molecule has 0 aromatic carbocycles. The van der Waals surface area contributed by atoms with E-state index >= 15 is 0 Å². The van der Waals surface area contributed by atoms with Gasteiger partial charge in [-0.05, 0) is 0 Å². The van der Waals surface area contributed by atoms with E-state index in [1.165, 1.54) is 6.20 Å². The number of hydrogen-bond donors (Lipinski definition) is 2. The summed E-state index contributed by atoms with van der Waals surface area (Å²) >= 11 is 10.6. The Kier molecular flexibility index (Phi) is 1.68. The highest BCUT2D eigenvalue weighted by molar-refractivity contribution is 6.42. The van der Waals surface area contributed by atoms with Crippen LogP contribution in [0.5, 0.6) is 0 Å². The van der Waals surface area contributed by atoms with Crippen LogP contribution < -0.4 is 5.43 Å². The normalized spacial score (nSPS) is 18.2. The number of halogens is 2. The van der Waals surface area contributed by atoms with Crippen molar-refractivity contribution in [3.63, 3.8) is 0 Å². The highest BCUT2D eigenvalue weighted by atomic mass is 35.5. The zero-order chi connectivity index (χ0) is 6.85. The van der Waals surface area contributed by atoms with E-state index in [9.17, 15) is 0 Å². The summed E-state index contributed by atoms with van der Waals surface area (Å²) in [4.78, 5) is 0. The predicted octanol–water partition coefficient (Wildman–Crippen LogP) is 0.912. The zero-order valence-electron chi connectivity index (χ0n) is 4.17. The average Bonchev–Trinajstić information content (AvgIpc) is 1.80. The van der Waals surface area contributed by atoms with E-state index in [4.69, 9.17) is 28.5 Å². The Morgan fingerprint density at radius 2 is 2.44 bits per heavy atom. The van der Waals surface area contributed by atoms with Crippen LogP contribution in [-0.2, 0) is 0 Å². The molecule has 1 rings (SSSR count). The van der Waals surface area contributed by atoms with Gasteiger partial charge in [0.05, 0.1) is 11.8 Å². The molecule has 2 N–H and O–H groups in total. The van der Waals surface area contributed by atoms with Crippen molar-refractivity contribution in [3.05, 3.63) is 11.2 Å². The third kappa shape index (κ3) is 1.40. The molecular formula is C3H3Cl2N3O. The maximum absolute atomic E-state index is 8.73. The Balaban J connectivity index is 2.75. The molecule has 9 heavy (non-hydrogen) atoms. The Labute approximate surface area is 61.4 Å². The molecule has 0 saturated carbocycles. The molecule has 0 aromatic rings. The third-order valence-corrected chi connectivity index (χ3v) is 1.15. The monoisotopic (exact) mass is 167 g/mol. The lowest BCUT2D eigenvalue weighted by atomic mass is 10.6. The van der Waals surface area contributed by atoms with Crippen LogP contribution in [0.25, 0.3) is 0 Å². The Bertz CT molecular complexity index is 178. The van der Waals surface area contributed by atoms with E-state index in [-0.39, 0.29) is 10.9 Å². The largest absolute Gasteiger partial charge is 0.491 e. The number of hydrogen-bond acceptors (Lipinski definition) is 3. The van der Waals surface area contributed by atoms with Crippen molar-refractivity contribution < 1.29 is 5.11 Å². The summed E-state index contributed by atoms with van der Waals surface area (Å²) in [5, 5.41) is 12.2. The van der Waals surface area contributed by atoms with Crippen LogP contribution in [0.4, 0.5) is 0 Å². The van der Waals surface area contributed by atoms with E-state index in [0.717, 1.165) is 4.64 Å². The standard InChI is InChI=1S/C3H3Cl2N3O/c4-2-1-6-8(5)7-3(2)9/h1,6H,(H,7,9). The number of hydrazone groups is 1. The van der Waals surface area contributed by atoms with Crippen molar-refractivity contribution in [1.82, 2.24) is 10.1 Å². The van der Waals surface area contributed by atoms with Crippen LogP contribution >= 0.6 is 23.4 Å². The van der Waals surface area contributed by atoms with Gasteiger partial charge in [-0.1, -0.05) is 11.6 Å². The minimum atomic E-state index is -0.301. The summed E-state index contributed by atoms with van der Waals surface area (Å²) in [6.07, 6.45) is 1.32. The van der Waals surface area contributed by atoms with Gasteiger partial charge in [0.15, 0.2) is 0 Å². The SMILES string of the molecule is OC1=NN(Cl)NC=C1Cl. The molecule has 0 aliphatic carbocycles. The number of nitrogens with zero attached hydrogens (tertiary/aromatic N) is 2. The van der Waals surface area contributed by atoms with Crippen molar-refractivity contribution in [3.8, 4) is 0 Å². The van der Waals surface area contributed by atoms with Crippen molar-refractivity contribution in [2.75, 3.05) is 0 Å². The molecule has 50 valence electrons. The van der Waals surface area contributed by atoms with Gasteiger partial charge in [-0.15, -0.1) is 9.74 Å². The molecule has 6 heteroatoms. The van der Waals surface area contributed by atoms with Crippen molar-refractivity contribution >= 4 is 29.3 Å². The van der Waals surface area contributed by atoms with Crippen LogP contribution in [0, 0.1) is 0 Å². The first-order valence-electron chi connectivity index (χ1n) is 2.06. The molecule has 1 aliphatic heterocycles. The van der Waals surface area contributed by atoms with Crippen molar-refractivity contribution in [2.45, 2.75) is 0 Å². The molecule has 1 aliphatic rings. The van der Waals surface area contributed by atoms with E-state index in [2.05, 4.69) is 10.5 Å². The summed E-state index contributed by atoms with van der Waals surface area (Å²) in [7, 11) is 0. The second kappa shape index (κ2) is 2.33. The van der Waals surface area contributed by atoms with Crippen molar-refractivity contribution in [1.29, 1.82) is 0 Å². The number of rotatable bonds is 0. The summed E-state index contributed by atoms with van der Waals surface area (Å²) in [5.74, 6) is -0.301. The van der Waals surface area contributed by atoms with Gasteiger partial charge in [-0.2, -0.15) is 0 Å². The zero-order valence-corrected chi connectivity index (χ0v) is 5.69. The van der Waals surface area contributed by atoms with Gasteiger partial charge >= 0.3 is 0 Å². The third-order valence-electron chi connectivity index (χ3n) is 0.694. The minimum Gasteiger partial charge on any atom is -0.491 e. The van der Waals surface area contributed by atoms with Crippen LogP contribution in [-0.4, -0.2) is 15.6 Å². The molecule has 0 saturated heterocycles. The quantitative estimate of drug-likeness (QED) is 0.528.